The fourth-order valence-electron chi connectivity index (χ4n) is 1.43. The lowest BCUT2D eigenvalue weighted by atomic mass is 10.1. The fourth-order valence-corrected chi connectivity index (χ4v) is 2.28. The second kappa shape index (κ2) is 4.49. The normalized spacial score (nSPS) is 11.8. The molecule has 0 fully saturated rings. The largest absolute Gasteiger partial charge is 0.416 e. The quantitative estimate of drug-likeness (QED) is 0.777. The van der Waals surface area contributed by atoms with Crippen LogP contribution in [0.15, 0.2) is 30.5 Å². The average molecular weight is 257 g/mol. The predicted octanol–water partition coefficient (Wildman–Crippen LogP) is 4.39. The summed E-state index contributed by atoms with van der Waals surface area (Å²) < 4.78 is 37.6. The summed E-state index contributed by atoms with van der Waals surface area (Å²) in [5.74, 6) is 0. The SMILES string of the molecule is CCc1cnc(-c2cccc(C(F)(F)F)c2)s1. The monoisotopic (exact) mass is 257 g/mol. The van der Waals surface area contributed by atoms with Crippen LogP contribution in [0.5, 0.6) is 0 Å². The van der Waals surface area contributed by atoms with E-state index < -0.39 is 11.7 Å². The summed E-state index contributed by atoms with van der Waals surface area (Å²) >= 11 is 1.43. The zero-order valence-corrected chi connectivity index (χ0v) is 9.90. The van der Waals surface area contributed by atoms with Crippen LogP contribution in [0.25, 0.3) is 10.6 Å². The van der Waals surface area contributed by atoms with Crippen LogP contribution in [0, 0.1) is 0 Å². The van der Waals surface area contributed by atoms with E-state index in [1.165, 1.54) is 17.4 Å². The molecule has 17 heavy (non-hydrogen) atoms. The second-order valence-electron chi connectivity index (χ2n) is 3.56. The lowest BCUT2D eigenvalue weighted by Gasteiger charge is -2.07. The van der Waals surface area contributed by atoms with Gasteiger partial charge in [-0.05, 0) is 18.6 Å². The van der Waals surface area contributed by atoms with Crippen molar-refractivity contribution in [2.75, 3.05) is 0 Å². The molecular weight excluding hydrogens is 247 g/mol. The van der Waals surface area contributed by atoms with Crippen molar-refractivity contribution in [2.24, 2.45) is 0 Å². The van der Waals surface area contributed by atoms with Gasteiger partial charge < -0.3 is 0 Å². The minimum Gasteiger partial charge on any atom is -0.244 e. The molecule has 5 heteroatoms. The van der Waals surface area contributed by atoms with E-state index in [0.29, 0.717) is 10.6 Å². The number of alkyl halides is 3. The molecule has 2 rings (SSSR count). The van der Waals surface area contributed by atoms with Crippen molar-refractivity contribution in [3.05, 3.63) is 40.9 Å². The molecule has 2 aromatic rings. The Morgan fingerprint density at radius 2 is 2.06 bits per heavy atom. The number of aryl methyl sites for hydroxylation is 1. The van der Waals surface area contributed by atoms with Crippen LogP contribution in [-0.2, 0) is 12.6 Å². The number of nitrogens with zero attached hydrogens (tertiary/aromatic N) is 1. The standard InChI is InChI=1S/C12H10F3NS/c1-2-10-7-16-11(17-10)8-4-3-5-9(6-8)12(13,14)15/h3-7H,2H2,1H3. The molecular formula is C12H10F3NS. The summed E-state index contributed by atoms with van der Waals surface area (Å²) in [6.45, 7) is 1.99. The summed E-state index contributed by atoms with van der Waals surface area (Å²) in [6, 6.07) is 5.26. The molecule has 0 saturated carbocycles. The first-order valence-electron chi connectivity index (χ1n) is 5.13. The Hall–Kier alpha value is -1.36. The Morgan fingerprint density at radius 1 is 1.29 bits per heavy atom. The van der Waals surface area contributed by atoms with E-state index in [4.69, 9.17) is 0 Å². The highest BCUT2D eigenvalue weighted by molar-refractivity contribution is 7.15. The zero-order valence-electron chi connectivity index (χ0n) is 9.08. The predicted molar refractivity (Wildman–Crippen MR) is 61.9 cm³/mol. The van der Waals surface area contributed by atoms with E-state index in [0.717, 1.165) is 23.4 Å². The van der Waals surface area contributed by atoms with Gasteiger partial charge in [0.2, 0.25) is 0 Å². The molecule has 0 N–H and O–H groups in total. The van der Waals surface area contributed by atoms with Gasteiger partial charge in [0.15, 0.2) is 0 Å². The topological polar surface area (TPSA) is 12.9 Å². The molecule has 1 heterocycles. The number of hydrogen-bond donors (Lipinski definition) is 0. The Kier molecular flexibility index (Phi) is 3.19. The highest BCUT2D eigenvalue weighted by Crippen LogP contribution is 2.33. The number of thiazole rings is 1. The highest BCUT2D eigenvalue weighted by atomic mass is 32.1. The first-order chi connectivity index (χ1) is 8.00. The van der Waals surface area contributed by atoms with E-state index in [1.54, 1.807) is 12.3 Å². The fraction of sp³-hybridized carbons (Fsp3) is 0.250. The van der Waals surface area contributed by atoms with Gasteiger partial charge >= 0.3 is 6.18 Å². The van der Waals surface area contributed by atoms with Gasteiger partial charge in [-0.1, -0.05) is 19.1 Å². The molecule has 0 saturated heterocycles. The van der Waals surface area contributed by atoms with Crippen LogP contribution in [-0.4, -0.2) is 4.98 Å². The molecule has 0 amide bonds. The molecule has 0 radical (unpaired) electrons. The molecule has 0 aliphatic carbocycles. The van der Waals surface area contributed by atoms with Gasteiger partial charge in [-0.2, -0.15) is 13.2 Å². The minimum absolute atomic E-state index is 0.518. The van der Waals surface area contributed by atoms with Gasteiger partial charge in [0.05, 0.1) is 5.56 Å². The van der Waals surface area contributed by atoms with E-state index >= 15 is 0 Å². The number of rotatable bonds is 2. The third-order valence-corrected chi connectivity index (χ3v) is 3.53. The lowest BCUT2D eigenvalue weighted by molar-refractivity contribution is -0.137. The molecule has 0 bridgehead atoms. The Labute approximate surface area is 101 Å². The zero-order chi connectivity index (χ0) is 12.5. The van der Waals surface area contributed by atoms with Gasteiger partial charge in [-0.3, -0.25) is 0 Å². The lowest BCUT2D eigenvalue weighted by Crippen LogP contribution is -2.04. The van der Waals surface area contributed by atoms with Crippen LogP contribution in [0.3, 0.4) is 0 Å². The Balaban J connectivity index is 2.39. The van der Waals surface area contributed by atoms with Crippen molar-refractivity contribution in [3.8, 4) is 10.6 Å². The van der Waals surface area contributed by atoms with Gasteiger partial charge in [-0.25, -0.2) is 4.98 Å². The van der Waals surface area contributed by atoms with E-state index in [-0.39, 0.29) is 0 Å². The number of aromatic nitrogens is 1. The van der Waals surface area contributed by atoms with Crippen LogP contribution >= 0.6 is 11.3 Å². The third-order valence-electron chi connectivity index (χ3n) is 2.34. The summed E-state index contributed by atoms with van der Waals surface area (Å²) in [4.78, 5) is 5.20. The molecule has 0 atom stereocenters. The van der Waals surface area contributed by atoms with E-state index in [9.17, 15) is 13.2 Å². The van der Waals surface area contributed by atoms with Crippen LogP contribution in [0.4, 0.5) is 13.2 Å². The number of hydrogen-bond acceptors (Lipinski definition) is 2. The second-order valence-corrected chi connectivity index (χ2v) is 4.68. The molecule has 0 unspecified atom stereocenters. The summed E-state index contributed by atoms with van der Waals surface area (Å²) in [5.41, 5.74) is -0.118. The molecule has 90 valence electrons. The number of benzene rings is 1. The molecule has 0 aliphatic heterocycles. The van der Waals surface area contributed by atoms with E-state index in [1.807, 2.05) is 6.92 Å². The maximum absolute atomic E-state index is 12.5. The van der Waals surface area contributed by atoms with Gasteiger partial charge in [0, 0.05) is 16.6 Å². The third kappa shape index (κ3) is 2.66. The molecule has 1 nitrogen and oxygen atoms in total. The molecule has 0 spiro atoms. The Morgan fingerprint density at radius 3 is 2.65 bits per heavy atom. The highest BCUT2D eigenvalue weighted by Gasteiger charge is 2.30. The van der Waals surface area contributed by atoms with Crippen molar-refractivity contribution in [1.29, 1.82) is 0 Å². The molecule has 1 aromatic carbocycles. The molecule has 1 aromatic heterocycles. The Bertz CT molecular complexity index is 516. The maximum Gasteiger partial charge on any atom is 0.416 e. The number of halogens is 3. The van der Waals surface area contributed by atoms with Crippen LogP contribution in [0.1, 0.15) is 17.4 Å². The average Bonchev–Trinajstić information content (AvgIpc) is 2.76. The van der Waals surface area contributed by atoms with Gasteiger partial charge in [0.25, 0.3) is 0 Å². The van der Waals surface area contributed by atoms with Crippen LogP contribution < -0.4 is 0 Å². The first-order valence-corrected chi connectivity index (χ1v) is 5.94. The van der Waals surface area contributed by atoms with Crippen molar-refractivity contribution >= 4 is 11.3 Å². The smallest absolute Gasteiger partial charge is 0.244 e. The van der Waals surface area contributed by atoms with Crippen molar-refractivity contribution in [2.45, 2.75) is 19.5 Å². The first kappa shape index (κ1) is 12.1. The van der Waals surface area contributed by atoms with Gasteiger partial charge in [-0.15, -0.1) is 11.3 Å². The maximum atomic E-state index is 12.5. The van der Waals surface area contributed by atoms with Crippen molar-refractivity contribution in [3.63, 3.8) is 0 Å². The summed E-state index contributed by atoms with van der Waals surface area (Å²) in [7, 11) is 0. The van der Waals surface area contributed by atoms with Crippen molar-refractivity contribution in [1.82, 2.24) is 4.98 Å². The van der Waals surface area contributed by atoms with Crippen molar-refractivity contribution < 1.29 is 13.2 Å². The summed E-state index contributed by atoms with van der Waals surface area (Å²) in [6.07, 6.45) is -1.75. The van der Waals surface area contributed by atoms with Crippen LogP contribution in [0.2, 0.25) is 0 Å². The summed E-state index contributed by atoms with van der Waals surface area (Å²) in [5, 5.41) is 0.632. The minimum atomic E-state index is -4.30. The van der Waals surface area contributed by atoms with Gasteiger partial charge in [0.1, 0.15) is 5.01 Å². The van der Waals surface area contributed by atoms with E-state index in [2.05, 4.69) is 4.98 Å². The molecule has 0 aliphatic rings.